The van der Waals surface area contributed by atoms with Crippen LogP contribution in [0, 0.1) is 0 Å². The molecule has 0 spiro atoms. The van der Waals surface area contributed by atoms with Gasteiger partial charge in [-0.15, -0.1) is 0 Å². The van der Waals surface area contributed by atoms with Crippen molar-refractivity contribution in [2.75, 3.05) is 19.8 Å². The molecule has 0 saturated heterocycles. The van der Waals surface area contributed by atoms with Crippen LogP contribution < -0.4 is 14.2 Å². The quantitative estimate of drug-likeness (QED) is 0.295. The molecule has 3 rings (SSSR count). The highest BCUT2D eigenvalue weighted by Gasteiger charge is 2.15. The molecule has 0 amide bonds. The van der Waals surface area contributed by atoms with E-state index in [1.54, 1.807) is 24.3 Å². The Balaban J connectivity index is 1.50. The summed E-state index contributed by atoms with van der Waals surface area (Å²) in [6.07, 6.45) is 0. The number of hydrogen-bond acceptors (Lipinski definition) is 6. The lowest BCUT2D eigenvalue weighted by atomic mass is 10.2. The summed E-state index contributed by atoms with van der Waals surface area (Å²) in [5, 5.41) is 0. The lowest BCUT2D eigenvalue weighted by Crippen LogP contribution is -2.13. The molecule has 0 atom stereocenters. The van der Waals surface area contributed by atoms with Crippen molar-refractivity contribution in [1.82, 2.24) is 0 Å². The monoisotopic (exact) mass is 406 g/mol. The molecule has 0 radical (unpaired) electrons. The van der Waals surface area contributed by atoms with E-state index in [9.17, 15) is 9.59 Å². The third-order valence-electron chi connectivity index (χ3n) is 4.04. The molecular weight excluding hydrogens is 384 g/mol. The second-order valence-electron chi connectivity index (χ2n) is 6.14. The number of rotatable bonds is 9. The average Bonchev–Trinajstić information content (AvgIpc) is 2.78. The van der Waals surface area contributed by atoms with Gasteiger partial charge < -0.3 is 18.9 Å². The van der Waals surface area contributed by atoms with Gasteiger partial charge in [-0.2, -0.15) is 0 Å². The maximum atomic E-state index is 12.4. The second-order valence-corrected chi connectivity index (χ2v) is 6.14. The third kappa shape index (κ3) is 5.85. The van der Waals surface area contributed by atoms with Gasteiger partial charge in [0.25, 0.3) is 0 Å². The fourth-order valence-corrected chi connectivity index (χ4v) is 2.63. The van der Waals surface area contributed by atoms with Crippen molar-refractivity contribution in [2.24, 2.45) is 0 Å². The number of hydrogen-bond donors (Lipinski definition) is 0. The minimum atomic E-state index is -0.535. The summed E-state index contributed by atoms with van der Waals surface area (Å²) in [6.45, 7) is 2.66. The zero-order valence-corrected chi connectivity index (χ0v) is 16.6. The van der Waals surface area contributed by atoms with E-state index >= 15 is 0 Å². The van der Waals surface area contributed by atoms with E-state index in [0.717, 1.165) is 0 Å². The van der Waals surface area contributed by atoms with Gasteiger partial charge in [0.05, 0.1) is 12.2 Å². The Kier molecular flexibility index (Phi) is 7.44. The fourth-order valence-electron chi connectivity index (χ4n) is 2.63. The zero-order valence-electron chi connectivity index (χ0n) is 16.6. The van der Waals surface area contributed by atoms with Crippen molar-refractivity contribution in [3.63, 3.8) is 0 Å². The molecule has 6 heteroatoms. The highest BCUT2D eigenvalue weighted by molar-refractivity contribution is 5.94. The average molecular weight is 406 g/mol. The lowest BCUT2D eigenvalue weighted by molar-refractivity contribution is 0.0450. The minimum absolute atomic E-state index is 0.124. The molecule has 30 heavy (non-hydrogen) atoms. The topological polar surface area (TPSA) is 71.1 Å². The van der Waals surface area contributed by atoms with Crippen LogP contribution in [0.2, 0.25) is 0 Å². The van der Waals surface area contributed by atoms with E-state index in [1.807, 2.05) is 37.3 Å². The van der Waals surface area contributed by atoms with Crippen molar-refractivity contribution < 1.29 is 28.5 Å². The molecule has 0 aliphatic heterocycles. The normalized spacial score (nSPS) is 10.2. The number of benzene rings is 3. The van der Waals surface area contributed by atoms with Crippen LogP contribution in [0.5, 0.6) is 17.2 Å². The van der Waals surface area contributed by atoms with E-state index < -0.39 is 11.9 Å². The Hall–Kier alpha value is -3.80. The molecule has 0 saturated carbocycles. The fraction of sp³-hybridized carbons (Fsp3) is 0.167. The molecule has 0 heterocycles. The summed E-state index contributed by atoms with van der Waals surface area (Å²) in [5.41, 5.74) is 0.686. The second kappa shape index (κ2) is 10.7. The smallest absolute Gasteiger partial charge is 0.347 e. The number of ether oxygens (including phenoxy) is 4. The summed E-state index contributed by atoms with van der Waals surface area (Å²) in [6, 6.07) is 22.3. The van der Waals surface area contributed by atoms with Crippen molar-refractivity contribution in [1.29, 1.82) is 0 Å². The van der Waals surface area contributed by atoms with Gasteiger partial charge in [0.1, 0.15) is 36.0 Å². The van der Waals surface area contributed by atoms with Gasteiger partial charge in [0.15, 0.2) is 0 Å². The number of para-hydroxylation sites is 2. The van der Waals surface area contributed by atoms with Gasteiger partial charge in [-0.1, -0.05) is 30.3 Å². The van der Waals surface area contributed by atoms with Gasteiger partial charge in [-0.25, -0.2) is 9.59 Å². The summed E-state index contributed by atoms with van der Waals surface area (Å²) in [4.78, 5) is 24.5. The molecule has 3 aromatic carbocycles. The van der Waals surface area contributed by atoms with Gasteiger partial charge in [0, 0.05) is 0 Å². The maximum absolute atomic E-state index is 12.4. The summed E-state index contributed by atoms with van der Waals surface area (Å²) < 4.78 is 21.5. The van der Waals surface area contributed by atoms with E-state index in [0.29, 0.717) is 35.0 Å². The van der Waals surface area contributed by atoms with Crippen LogP contribution in [0.3, 0.4) is 0 Å². The molecule has 6 nitrogen and oxygen atoms in total. The van der Waals surface area contributed by atoms with Crippen molar-refractivity contribution in [3.8, 4) is 17.2 Å². The van der Waals surface area contributed by atoms with Crippen LogP contribution in [0.4, 0.5) is 0 Å². The number of carbonyl (C=O) groups excluding carboxylic acids is 2. The van der Waals surface area contributed by atoms with Gasteiger partial charge in [-0.05, 0) is 55.5 Å². The molecule has 0 aliphatic carbocycles. The van der Waals surface area contributed by atoms with Crippen molar-refractivity contribution >= 4 is 11.9 Å². The highest BCUT2D eigenvalue weighted by Crippen LogP contribution is 2.21. The largest absolute Gasteiger partial charge is 0.493 e. The first kappa shape index (κ1) is 20.9. The molecule has 3 aromatic rings. The van der Waals surface area contributed by atoms with E-state index in [4.69, 9.17) is 18.9 Å². The van der Waals surface area contributed by atoms with Crippen LogP contribution in [0.25, 0.3) is 0 Å². The minimum Gasteiger partial charge on any atom is -0.493 e. The molecule has 0 bridgehead atoms. The number of esters is 2. The maximum Gasteiger partial charge on any atom is 0.347 e. The molecule has 154 valence electrons. The van der Waals surface area contributed by atoms with Gasteiger partial charge in [-0.3, -0.25) is 0 Å². The van der Waals surface area contributed by atoms with Crippen molar-refractivity contribution in [2.45, 2.75) is 6.92 Å². The summed E-state index contributed by atoms with van der Waals surface area (Å²) >= 11 is 0. The van der Waals surface area contributed by atoms with Crippen LogP contribution in [0.1, 0.15) is 27.6 Å². The van der Waals surface area contributed by atoms with Gasteiger partial charge >= 0.3 is 11.9 Å². The molecule has 0 N–H and O–H groups in total. The summed E-state index contributed by atoms with van der Waals surface area (Å²) in [5.74, 6) is 0.475. The molecule has 0 aliphatic rings. The van der Waals surface area contributed by atoms with Crippen LogP contribution >= 0.6 is 0 Å². The Morgan fingerprint density at radius 1 is 0.700 bits per heavy atom. The number of carbonyl (C=O) groups is 2. The van der Waals surface area contributed by atoms with Gasteiger partial charge in [0.2, 0.25) is 0 Å². The zero-order chi connectivity index (χ0) is 21.2. The third-order valence-corrected chi connectivity index (χ3v) is 4.04. The highest BCUT2D eigenvalue weighted by atomic mass is 16.6. The predicted octanol–water partition coefficient (Wildman–Crippen LogP) is 4.54. The van der Waals surface area contributed by atoms with E-state index in [2.05, 4.69) is 0 Å². The standard InChI is InChI=1S/C24H22O6/c1-2-27-22-11-7-6-10-21(22)24(26)30-20-14-12-18(13-15-20)23(25)29-17-16-28-19-8-4-3-5-9-19/h3-15H,2,16-17H2,1H3. The van der Waals surface area contributed by atoms with Crippen molar-refractivity contribution in [3.05, 3.63) is 90.0 Å². The summed E-state index contributed by atoms with van der Waals surface area (Å²) in [7, 11) is 0. The lowest BCUT2D eigenvalue weighted by Gasteiger charge is -2.10. The molecule has 0 aromatic heterocycles. The van der Waals surface area contributed by atoms with E-state index in [1.165, 1.54) is 24.3 Å². The molecule has 0 fully saturated rings. The Morgan fingerprint density at radius 3 is 2.13 bits per heavy atom. The SMILES string of the molecule is CCOc1ccccc1C(=O)Oc1ccc(C(=O)OCCOc2ccccc2)cc1. The first-order valence-corrected chi connectivity index (χ1v) is 9.56. The Bertz CT molecular complexity index is 967. The first-order valence-electron chi connectivity index (χ1n) is 9.56. The van der Waals surface area contributed by atoms with E-state index in [-0.39, 0.29) is 13.2 Å². The van der Waals surface area contributed by atoms with Crippen LogP contribution in [0.15, 0.2) is 78.9 Å². The van der Waals surface area contributed by atoms with Crippen LogP contribution in [-0.4, -0.2) is 31.8 Å². The molecular formula is C24H22O6. The predicted molar refractivity (Wildman–Crippen MR) is 111 cm³/mol. The first-order chi connectivity index (χ1) is 14.7. The molecule has 0 unspecified atom stereocenters. The Morgan fingerprint density at radius 2 is 1.40 bits per heavy atom. The van der Waals surface area contributed by atoms with Crippen LogP contribution in [-0.2, 0) is 4.74 Å². The Labute approximate surface area is 175 Å².